The normalized spacial score (nSPS) is 15.1. The summed E-state index contributed by atoms with van der Waals surface area (Å²) >= 11 is 0. The predicted molar refractivity (Wildman–Crippen MR) is 108 cm³/mol. The summed E-state index contributed by atoms with van der Waals surface area (Å²) in [5.74, 6) is 0.423. The van der Waals surface area contributed by atoms with E-state index >= 15 is 0 Å². The first kappa shape index (κ1) is 18.9. The third kappa shape index (κ3) is 4.06. The lowest BCUT2D eigenvalue weighted by Gasteiger charge is -2.28. The van der Waals surface area contributed by atoms with Crippen LogP contribution in [-0.4, -0.2) is 29.3 Å². The van der Waals surface area contributed by atoms with Gasteiger partial charge in [0.2, 0.25) is 11.7 Å². The van der Waals surface area contributed by atoms with Gasteiger partial charge < -0.3 is 15.2 Å². The quantitative estimate of drug-likeness (QED) is 0.674. The van der Waals surface area contributed by atoms with Crippen molar-refractivity contribution in [1.29, 1.82) is 0 Å². The maximum absolute atomic E-state index is 13.8. The Hall–Kier alpha value is -3.42. The van der Waals surface area contributed by atoms with Crippen LogP contribution < -0.4 is 15.5 Å². The molecule has 7 nitrogen and oxygen atoms in total. The Morgan fingerprint density at radius 2 is 2.14 bits per heavy atom. The summed E-state index contributed by atoms with van der Waals surface area (Å²) in [5, 5.41) is 10.1. The zero-order valence-corrected chi connectivity index (χ0v) is 16.3. The lowest BCUT2D eigenvalue weighted by atomic mass is 10.1. The lowest BCUT2D eigenvalue weighted by molar-refractivity contribution is 0.243. The molecule has 0 radical (unpaired) electrons. The molecule has 2 aromatic carbocycles. The molecule has 2 amide bonds. The SMILES string of the molecule is Cc1ccc(-c2noc(C(C)Nc3cccc(N4CCCNC4=O)c3)n2)cc1F. The highest BCUT2D eigenvalue weighted by Gasteiger charge is 2.20. The van der Waals surface area contributed by atoms with E-state index in [1.54, 1.807) is 24.0 Å². The molecule has 8 heteroatoms. The summed E-state index contributed by atoms with van der Waals surface area (Å²) in [6.07, 6.45) is 0.907. The van der Waals surface area contributed by atoms with Crippen LogP contribution in [0.25, 0.3) is 11.4 Å². The van der Waals surface area contributed by atoms with Crippen molar-refractivity contribution < 1.29 is 13.7 Å². The molecule has 0 bridgehead atoms. The number of amides is 2. The van der Waals surface area contributed by atoms with Crippen LogP contribution in [0.15, 0.2) is 47.0 Å². The average molecular weight is 395 g/mol. The zero-order valence-electron chi connectivity index (χ0n) is 16.3. The third-order valence-corrected chi connectivity index (χ3v) is 4.86. The van der Waals surface area contributed by atoms with Gasteiger partial charge in [-0.3, -0.25) is 4.90 Å². The molecular formula is C21H22FN5O2. The molecule has 0 saturated carbocycles. The second kappa shape index (κ2) is 7.90. The van der Waals surface area contributed by atoms with Crippen LogP contribution >= 0.6 is 0 Å². The Bertz CT molecular complexity index is 1040. The summed E-state index contributed by atoms with van der Waals surface area (Å²) in [7, 11) is 0. The first-order chi connectivity index (χ1) is 14.0. The molecule has 1 atom stereocenters. The minimum atomic E-state index is -0.307. The number of aromatic nitrogens is 2. The van der Waals surface area contributed by atoms with Gasteiger partial charge in [-0.05, 0) is 50.1 Å². The summed E-state index contributed by atoms with van der Waals surface area (Å²) in [4.78, 5) is 18.2. The van der Waals surface area contributed by atoms with Crippen molar-refractivity contribution in [3.05, 3.63) is 59.7 Å². The van der Waals surface area contributed by atoms with Crippen molar-refractivity contribution in [2.75, 3.05) is 23.3 Å². The Morgan fingerprint density at radius 3 is 2.93 bits per heavy atom. The van der Waals surface area contributed by atoms with E-state index in [0.717, 1.165) is 17.8 Å². The van der Waals surface area contributed by atoms with Crippen molar-refractivity contribution in [3.8, 4) is 11.4 Å². The van der Waals surface area contributed by atoms with Gasteiger partial charge in [0.15, 0.2) is 0 Å². The van der Waals surface area contributed by atoms with Gasteiger partial charge in [-0.1, -0.05) is 23.4 Å². The highest BCUT2D eigenvalue weighted by Crippen LogP contribution is 2.26. The molecule has 1 aliphatic rings. The molecule has 0 spiro atoms. The monoisotopic (exact) mass is 395 g/mol. The number of nitrogens with one attached hydrogen (secondary N) is 2. The highest BCUT2D eigenvalue weighted by molar-refractivity contribution is 5.93. The highest BCUT2D eigenvalue weighted by atomic mass is 19.1. The van der Waals surface area contributed by atoms with E-state index < -0.39 is 0 Å². The minimum Gasteiger partial charge on any atom is -0.374 e. The largest absolute Gasteiger partial charge is 0.374 e. The van der Waals surface area contributed by atoms with Gasteiger partial charge in [-0.15, -0.1) is 0 Å². The number of urea groups is 1. The third-order valence-electron chi connectivity index (χ3n) is 4.86. The average Bonchev–Trinajstić information content (AvgIpc) is 3.21. The maximum Gasteiger partial charge on any atom is 0.321 e. The minimum absolute atomic E-state index is 0.0895. The zero-order chi connectivity index (χ0) is 20.4. The standard InChI is InChI=1S/C21H22FN5O2/c1-13-7-8-15(11-18(13)22)19-25-20(29-26-19)14(2)24-16-5-3-6-17(12-16)27-10-4-9-23-21(27)28/h3,5-8,11-12,14,24H,4,9-10H2,1-2H3,(H,23,28). The maximum atomic E-state index is 13.8. The van der Waals surface area contributed by atoms with Crippen LogP contribution in [0.3, 0.4) is 0 Å². The van der Waals surface area contributed by atoms with E-state index in [4.69, 9.17) is 4.52 Å². The van der Waals surface area contributed by atoms with Crippen LogP contribution in [0.4, 0.5) is 20.6 Å². The van der Waals surface area contributed by atoms with Crippen LogP contribution in [0.2, 0.25) is 0 Å². The van der Waals surface area contributed by atoms with E-state index in [-0.39, 0.29) is 17.9 Å². The van der Waals surface area contributed by atoms with E-state index in [1.807, 2.05) is 31.2 Å². The molecule has 150 valence electrons. The fourth-order valence-corrected chi connectivity index (χ4v) is 3.21. The topological polar surface area (TPSA) is 83.3 Å². The number of nitrogens with zero attached hydrogens (tertiary/aromatic N) is 3. The van der Waals surface area contributed by atoms with Gasteiger partial charge in [0.25, 0.3) is 0 Å². The van der Waals surface area contributed by atoms with Crippen molar-refractivity contribution in [2.45, 2.75) is 26.3 Å². The van der Waals surface area contributed by atoms with Crippen molar-refractivity contribution >= 4 is 17.4 Å². The summed E-state index contributed by atoms with van der Waals surface area (Å²) in [6.45, 7) is 4.99. The Labute approximate surface area is 167 Å². The van der Waals surface area contributed by atoms with E-state index in [2.05, 4.69) is 20.8 Å². The second-order valence-electron chi connectivity index (χ2n) is 7.07. The number of carbonyl (C=O) groups is 1. The smallest absolute Gasteiger partial charge is 0.321 e. The molecule has 0 aliphatic carbocycles. The summed E-state index contributed by atoms with van der Waals surface area (Å²) in [6, 6.07) is 12.1. The van der Waals surface area contributed by atoms with Crippen LogP contribution in [0.1, 0.15) is 30.8 Å². The molecule has 2 heterocycles. The van der Waals surface area contributed by atoms with E-state index in [9.17, 15) is 9.18 Å². The van der Waals surface area contributed by atoms with Gasteiger partial charge in [0.1, 0.15) is 11.9 Å². The molecule has 29 heavy (non-hydrogen) atoms. The molecular weight excluding hydrogens is 373 g/mol. The number of rotatable bonds is 5. The molecule has 4 rings (SSSR count). The summed E-state index contributed by atoms with van der Waals surface area (Å²) in [5.41, 5.74) is 2.78. The van der Waals surface area contributed by atoms with Crippen LogP contribution in [0, 0.1) is 12.7 Å². The van der Waals surface area contributed by atoms with E-state index in [0.29, 0.717) is 35.9 Å². The van der Waals surface area contributed by atoms with Gasteiger partial charge in [-0.25, -0.2) is 9.18 Å². The molecule has 1 aliphatic heterocycles. The van der Waals surface area contributed by atoms with Gasteiger partial charge >= 0.3 is 6.03 Å². The number of halogens is 1. The molecule has 2 N–H and O–H groups in total. The number of benzene rings is 2. The Kier molecular flexibility index (Phi) is 5.16. The van der Waals surface area contributed by atoms with Crippen molar-refractivity contribution in [3.63, 3.8) is 0 Å². The Balaban J connectivity index is 1.49. The van der Waals surface area contributed by atoms with Gasteiger partial charge in [0.05, 0.1) is 0 Å². The molecule has 1 fully saturated rings. The van der Waals surface area contributed by atoms with Crippen LogP contribution in [-0.2, 0) is 0 Å². The fourth-order valence-electron chi connectivity index (χ4n) is 3.21. The molecule has 1 unspecified atom stereocenters. The predicted octanol–water partition coefficient (Wildman–Crippen LogP) is 4.28. The van der Waals surface area contributed by atoms with Crippen molar-refractivity contribution in [2.24, 2.45) is 0 Å². The Morgan fingerprint density at radius 1 is 1.28 bits per heavy atom. The van der Waals surface area contributed by atoms with E-state index in [1.165, 1.54) is 6.07 Å². The number of anilines is 2. The second-order valence-corrected chi connectivity index (χ2v) is 7.07. The molecule has 3 aromatic rings. The number of carbonyl (C=O) groups excluding carboxylic acids is 1. The number of hydrogen-bond acceptors (Lipinski definition) is 5. The first-order valence-electron chi connectivity index (χ1n) is 9.53. The van der Waals surface area contributed by atoms with Gasteiger partial charge in [0, 0.05) is 30.0 Å². The summed E-state index contributed by atoms with van der Waals surface area (Å²) < 4.78 is 19.2. The van der Waals surface area contributed by atoms with Crippen LogP contribution in [0.5, 0.6) is 0 Å². The first-order valence-corrected chi connectivity index (χ1v) is 9.53. The number of aryl methyl sites for hydroxylation is 1. The fraction of sp³-hybridized carbons (Fsp3) is 0.286. The molecule has 1 aromatic heterocycles. The van der Waals surface area contributed by atoms with Gasteiger partial charge in [-0.2, -0.15) is 4.98 Å². The number of hydrogen-bond donors (Lipinski definition) is 2. The van der Waals surface area contributed by atoms with Crippen molar-refractivity contribution in [1.82, 2.24) is 15.5 Å². The lowest BCUT2D eigenvalue weighted by Crippen LogP contribution is -2.46. The molecule has 1 saturated heterocycles.